The van der Waals surface area contributed by atoms with E-state index in [0.717, 1.165) is 0 Å². The van der Waals surface area contributed by atoms with E-state index in [1.54, 1.807) is 20.9 Å². The summed E-state index contributed by atoms with van der Waals surface area (Å²) in [6, 6.07) is 7.39. The molecule has 87 heavy (non-hydrogen) atoms. The maximum Gasteiger partial charge on any atom is 0.202 e. The van der Waals surface area contributed by atoms with E-state index in [-0.39, 0.29) is 87.4 Å². The minimum absolute atomic E-state index is 0.0136. The van der Waals surface area contributed by atoms with Gasteiger partial charge in [0.1, 0.15) is 52.3 Å². The standard InChI is InChI=1S/C28H33N3O10.C27H29NO11.2C2H6.CH6N2/c1-11-23(33)14(29)7-18(40-11)41-16-9-28(38,17(10-32)31-30-2)8-13-20(16)27(37)22-21(25(13)35)24(34)12-5-4-6-15(39-3)19(12)26(22)36;1-10-22(31)13(28)6-17(38-10)39-15-8-27(36,16(30)9-29)7-12-19(15)26(35)21-20(24(12)33)23(32)11-4-3-5-14(37-2)18(11)25(21)34;2*1-2;1-3-2/h4-6,11,14,16,18,23,30,32-33,35,37-38H,7-10,29H2,1-3H3;3-5,10,13,15,17,22,29,31,33,35-36H,6-9,28H2,1-2H3;2*1-2H3;3H,2H2,1H3/b31-17+;;;;/t11?,14?,16-,18?,23?,28-;10?,13?,15-,17?,22?,27-;;;/m00.../s1. The van der Waals surface area contributed by atoms with Gasteiger partial charge in [-0.05, 0) is 33.0 Å². The number of phenolic OH excluding ortho intramolecular Hbond substituents is 4. The van der Waals surface area contributed by atoms with E-state index >= 15 is 0 Å². The van der Waals surface area contributed by atoms with E-state index < -0.39 is 173 Å². The van der Waals surface area contributed by atoms with Crippen molar-refractivity contribution < 1.29 is 103 Å². The number of nitrogens with zero attached hydrogens (tertiary/aromatic N) is 1. The van der Waals surface area contributed by atoms with Gasteiger partial charge in [-0.2, -0.15) is 5.10 Å². The first-order valence-electron chi connectivity index (χ1n) is 28.4. The molecule has 2 saturated heterocycles. The predicted molar refractivity (Wildman–Crippen MR) is 311 cm³/mol. The zero-order chi connectivity index (χ0) is 64.9. The van der Waals surface area contributed by atoms with Gasteiger partial charge in [0, 0.05) is 91.0 Å². The van der Waals surface area contributed by atoms with Gasteiger partial charge >= 0.3 is 0 Å². The van der Waals surface area contributed by atoms with Crippen molar-refractivity contribution in [1.29, 1.82) is 0 Å². The van der Waals surface area contributed by atoms with E-state index in [2.05, 4.69) is 21.8 Å². The molecule has 12 atom stereocenters. The van der Waals surface area contributed by atoms with Gasteiger partial charge in [-0.1, -0.05) is 52.0 Å². The van der Waals surface area contributed by atoms with Crippen LogP contribution < -0.4 is 37.6 Å². The summed E-state index contributed by atoms with van der Waals surface area (Å²) in [5, 5.41) is 113. The number of hydrazone groups is 1. The molecule has 6 aliphatic rings. The molecular weight excluding hydrogens is 1140 g/mol. The van der Waals surface area contributed by atoms with Crippen molar-refractivity contribution in [2.75, 3.05) is 41.5 Å². The fraction of sp³-hybridized carbons (Fsp3) is 0.500. The van der Waals surface area contributed by atoms with Crippen molar-refractivity contribution in [2.45, 2.75) is 153 Å². The topological polar surface area (TPSA) is 458 Å². The number of hydrazine groups is 1. The van der Waals surface area contributed by atoms with Crippen LogP contribution in [0.4, 0.5) is 0 Å². The Balaban J connectivity index is 0.000000253. The molecular formula is C60H80N6O21. The van der Waals surface area contributed by atoms with Gasteiger partial charge in [0.25, 0.3) is 0 Å². The molecule has 0 bridgehead atoms. The summed E-state index contributed by atoms with van der Waals surface area (Å²) in [6.07, 6.45) is -9.58. The molecule has 2 aliphatic heterocycles. The van der Waals surface area contributed by atoms with Gasteiger partial charge in [-0.25, -0.2) is 0 Å². The van der Waals surface area contributed by atoms with Gasteiger partial charge in [-0.15, -0.1) is 0 Å². The van der Waals surface area contributed by atoms with Crippen LogP contribution in [-0.2, 0) is 36.6 Å². The third-order valence-corrected chi connectivity index (χ3v) is 15.9. The Morgan fingerprint density at radius 1 is 0.621 bits per heavy atom. The van der Waals surface area contributed by atoms with Crippen molar-refractivity contribution in [3.05, 3.63) is 103 Å². The maximum absolute atomic E-state index is 13.8. The monoisotopic (exact) mass is 1220 g/mol. The highest BCUT2D eigenvalue weighted by atomic mass is 16.7. The van der Waals surface area contributed by atoms with Crippen molar-refractivity contribution in [3.63, 3.8) is 0 Å². The molecule has 0 aromatic heterocycles. The fourth-order valence-electron chi connectivity index (χ4n) is 11.8. The van der Waals surface area contributed by atoms with Crippen LogP contribution in [0.5, 0.6) is 34.5 Å². The molecule has 0 amide bonds. The number of fused-ring (bicyclic) bond motifs is 6. The molecule has 476 valence electrons. The third-order valence-electron chi connectivity index (χ3n) is 15.9. The number of Topliss-reactive ketones (excluding diaryl/α,β-unsaturated/α-hetero) is 1. The number of aliphatic hydroxyl groups excluding tert-OH is 4. The highest BCUT2D eigenvalue weighted by molar-refractivity contribution is 6.32. The Labute approximate surface area is 501 Å². The number of aliphatic hydroxyl groups is 6. The number of phenols is 4. The summed E-state index contributed by atoms with van der Waals surface area (Å²) < 4.78 is 34.3. The molecule has 0 spiro atoms. The summed E-state index contributed by atoms with van der Waals surface area (Å²) in [5.74, 6) is -1.71. The Kier molecular flexibility index (Phi) is 22.5. The lowest BCUT2D eigenvalue weighted by Gasteiger charge is -2.43. The van der Waals surface area contributed by atoms with Gasteiger partial charge in [-0.3, -0.25) is 35.2 Å². The Morgan fingerprint density at radius 2 is 0.989 bits per heavy atom. The minimum Gasteiger partial charge on any atom is -0.507 e. The first-order valence-corrected chi connectivity index (χ1v) is 28.4. The van der Waals surface area contributed by atoms with Gasteiger partial charge in [0.15, 0.2) is 29.9 Å². The molecule has 0 radical (unpaired) electrons. The van der Waals surface area contributed by atoms with Crippen molar-refractivity contribution in [1.82, 2.24) is 10.9 Å². The lowest BCUT2D eigenvalue weighted by Crippen LogP contribution is -2.53. The Hall–Kier alpha value is -7.06. The number of aromatic hydroxyl groups is 4. The lowest BCUT2D eigenvalue weighted by molar-refractivity contribution is -0.247. The van der Waals surface area contributed by atoms with Crippen LogP contribution >= 0.6 is 0 Å². The molecule has 8 unspecified atom stereocenters. The van der Waals surface area contributed by atoms with Gasteiger partial charge in [0.05, 0.1) is 96.5 Å². The van der Waals surface area contributed by atoms with Gasteiger partial charge < -0.3 is 96.4 Å². The molecule has 4 aromatic rings. The molecule has 2 heterocycles. The van der Waals surface area contributed by atoms with Crippen LogP contribution in [0.1, 0.15) is 165 Å². The Morgan fingerprint density at radius 3 is 1.33 bits per heavy atom. The van der Waals surface area contributed by atoms with E-state index in [9.17, 15) is 75.0 Å². The largest absolute Gasteiger partial charge is 0.507 e. The lowest BCUT2D eigenvalue weighted by atomic mass is 9.71. The zero-order valence-corrected chi connectivity index (χ0v) is 50.0. The van der Waals surface area contributed by atoms with Crippen molar-refractivity contribution in [2.24, 2.45) is 22.4 Å². The second-order valence-electron chi connectivity index (χ2n) is 21.0. The first-order chi connectivity index (χ1) is 41.3. The second kappa shape index (κ2) is 28.4. The third kappa shape index (κ3) is 12.7. The number of carbonyl (C=O) groups excluding carboxylic acids is 5. The minimum atomic E-state index is -2.24. The molecule has 27 nitrogen and oxygen atoms in total. The highest BCUT2D eigenvalue weighted by Gasteiger charge is 2.52. The van der Waals surface area contributed by atoms with Crippen molar-refractivity contribution >= 4 is 34.6 Å². The summed E-state index contributed by atoms with van der Waals surface area (Å²) in [7, 11) is 5.79. The van der Waals surface area contributed by atoms with Crippen LogP contribution in [0.15, 0.2) is 41.5 Å². The number of hydrogen-bond donors (Lipinski definition) is 15. The number of ether oxygens (including phenoxy) is 6. The number of methoxy groups -OCH3 is 2. The molecule has 4 aliphatic carbocycles. The second-order valence-corrected chi connectivity index (χ2v) is 21.0. The Bertz CT molecular complexity index is 3260. The van der Waals surface area contributed by atoms with E-state index in [1.807, 2.05) is 27.7 Å². The normalized spacial score (nSPS) is 27.6. The molecule has 0 saturated carbocycles. The van der Waals surface area contributed by atoms with Crippen LogP contribution in [0.25, 0.3) is 0 Å². The predicted octanol–water partition coefficient (Wildman–Crippen LogP) is 1.14. The average molecular weight is 1220 g/mol. The average Bonchev–Trinajstić information content (AvgIpc) is 0.763. The number of carbonyl (C=O) groups is 5. The summed E-state index contributed by atoms with van der Waals surface area (Å²) >= 11 is 0. The quantitative estimate of drug-likeness (QED) is 0.0374. The van der Waals surface area contributed by atoms with Crippen LogP contribution in [-0.4, -0.2) is 188 Å². The van der Waals surface area contributed by atoms with E-state index in [0.29, 0.717) is 0 Å². The molecule has 10 rings (SSSR count). The van der Waals surface area contributed by atoms with Crippen molar-refractivity contribution in [3.8, 4) is 34.5 Å². The summed E-state index contributed by atoms with van der Waals surface area (Å²) in [4.78, 5) is 67.1. The molecule has 18 N–H and O–H groups in total. The van der Waals surface area contributed by atoms with E-state index in [4.69, 9.17) is 39.9 Å². The fourth-order valence-corrected chi connectivity index (χ4v) is 11.8. The highest BCUT2D eigenvalue weighted by Crippen LogP contribution is 2.55. The number of ketones is 5. The molecule has 27 heteroatoms. The SMILES string of the molecule is CC.CC.CN/N=C(\CO)[C@]1(O)Cc2c(O)c3c(c(O)c2[C@@H](OC2CC(N)C(O)C(C)O2)C1)C(=O)c1c(OC)cccc1C3=O.CNN.COc1cccc2c1C(=O)c1c(O)c3c(c(O)c1C2=O)C[C@@](O)(C(=O)CO)C[C@@H]3OC1CC(N)C(O)C(C)O1. The number of hydrogen-bond acceptors (Lipinski definition) is 27. The number of rotatable bonds is 11. The zero-order valence-electron chi connectivity index (χ0n) is 50.0. The number of benzene rings is 4. The van der Waals surface area contributed by atoms with Gasteiger partial charge in [0.2, 0.25) is 11.6 Å². The van der Waals surface area contributed by atoms with Crippen LogP contribution in [0.3, 0.4) is 0 Å². The molecule has 4 aromatic carbocycles. The van der Waals surface area contributed by atoms with E-state index in [1.165, 1.54) is 57.7 Å². The maximum atomic E-state index is 13.8. The van der Waals surface area contributed by atoms with Crippen LogP contribution in [0.2, 0.25) is 0 Å². The number of nitrogens with one attached hydrogen (secondary N) is 2. The number of nitrogens with two attached hydrogens (primary N) is 3. The first kappa shape index (κ1) is 69.0. The molecule has 2 fully saturated rings. The summed E-state index contributed by atoms with van der Waals surface area (Å²) in [6.45, 7) is 9.52. The van der Waals surface area contributed by atoms with Crippen LogP contribution in [0, 0.1) is 0 Å². The smallest absolute Gasteiger partial charge is 0.202 e. The summed E-state index contributed by atoms with van der Waals surface area (Å²) in [5.41, 5.74) is 10.2.